The van der Waals surface area contributed by atoms with Crippen LogP contribution < -0.4 is 0 Å². The molecule has 0 aliphatic carbocycles. The lowest BCUT2D eigenvalue weighted by Gasteiger charge is -1.96. The van der Waals surface area contributed by atoms with E-state index in [1.165, 1.54) is 6.07 Å². The molecule has 0 spiro atoms. The maximum atomic E-state index is 13.1. The van der Waals surface area contributed by atoms with E-state index in [-0.39, 0.29) is 5.56 Å². The lowest BCUT2D eigenvalue weighted by Crippen LogP contribution is -1.93. The molecule has 0 bridgehead atoms. The second kappa shape index (κ2) is 4.90. The summed E-state index contributed by atoms with van der Waals surface area (Å²) in [4.78, 5) is 10.1. The average Bonchev–Trinajstić information content (AvgIpc) is 2.16. The first-order chi connectivity index (χ1) is 7.54. The van der Waals surface area contributed by atoms with Gasteiger partial charge in [-0.2, -0.15) is 5.26 Å². The van der Waals surface area contributed by atoms with Crippen LogP contribution in [0.2, 0.25) is 0 Å². The Bertz CT molecular complexity index is 512. The summed E-state index contributed by atoms with van der Waals surface area (Å²) in [5.74, 6) is 1.37. The molecule has 0 amide bonds. The first-order valence-corrected chi connectivity index (χ1v) is 4.14. The van der Waals surface area contributed by atoms with Gasteiger partial charge in [0.1, 0.15) is 29.7 Å². The maximum Gasteiger partial charge on any atom is 0.315 e. The van der Waals surface area contributed by atoms with Gasteiger partial charge in [0, 0.05) is 5.56 Å². The summed E-state index contributed by atoms with van der Waals surface area (Å²) < 4.78 is 26.1. The molecule has 16 heavy (non-hydrogen) atoms. The van der Waals surface area contributed by atoms with Gasteiger partial charge in [-0.1, -0.05) is 11.8 Å². The largest absolute Gasteiger partial charge is 0.481 e. The van der Waals surface area contributed by atoms with Crippen LogP contribution in [0.25, 0.3) is 0 Å². The quantitative estimate of drug-likeness (QED) is 0.733. The zero-order valence-corrected chi connectivity index (χ0v) is 7.92. The van der Waals surface area contributed by atoms with E-state index in [1.807, 2.05) is 0 Å². The van der Waals surface area contributed by atoms with Crippen molar-refractivity contribution in [1.29, 1.82) is 5.26 Å². The fourth-order valence-corrected chi connectivity index (χ4v) is 0.974. The number of nitriles is 1. The molecule has 0 radical (unpaired) electrons. The summed E-state index contributed by atoms with van der Waals surface area (Å²) in [6, 6.07) is 3.14. The smallest absolute Gasteiger partial charge is 0.315 e. The van der Waals surface area contributed by atoms with E-state index in [0.717, 1.165) is 12.1 Å². The van der Waals surface area contributed by atoms with Gasteiger partial charge in [0.2, 0.25) is 0 Å². The van der Waals surface area contributed by atoms with Gasteiger partial charge >= 0.3 is 5.97 Å². The highest BCUT2D eigenvalue weighted by Gasteiger charge is 2.09. The van der Waals surface area contributed by atoms with Crippen LogP contribution in [0.1, 0.15) is 17.5 Å². The van der Waals surface area contributed by atoms with E-state index < -0.39 is 29.6 Å². The zero-order chi connectivity index (χ0) is 12.1. The topological polar surface area (TPSA) is 61.1 Å². The average molecular weight is 221 g/mol. The Morgan fingerprint density at radius 3 is 2.38 bits per heavy atom. The van der Waals surface area contributed by atoms with Crippen LogP contribution in [0.15, 0.2) is 12.1 Å². The number of benzene rings is 1. The molecule has 0 heterocycles. The molecule has 0 saturated heterocycles. The van der Waals surface area contributed by atoms with E-state index >= 15 is 0 Å². The first kappa shape index (κ1) is 11.7. The third kappa shape index (κ3) is 2.79. The van der Waals surface area contributed by atoms with Gasteiger partial charge in [0.25, 0.3) is 0 Å². The minimum Gasteiger partial charge on any atom is -0.481 e. The van der Waals surface area contributed by atoms with Crippen LogP contribution >= 0.6 is 0 Å². The number of carbonyl (C=O) groups is 1. The van der Waals surface area contributed by atoms with Gasteiger partial charge in [-0.15, -0.1) is 0 Å². The van der Waals surface area contributed by atoms with E-state index in [0.29, 0.717) is 0 Å². The summed E-state index contributed by atoms with van der Waals surface area (Å²) in [5, 5.41) is 16.7. The Kier molecular flexibility index (Phi) is 3.58. The molecule has 1 aromatic carbocycles. The zero-order valence-electron chi connectivity index (χ0n) is 7.92. The van der Waals surface area contributed by atoms with Gasteiger partial charge < -0.3 is 5.11 Å². The Hall–Kier alpha value is -2.40. The van der Waals surface area contributed by atoms with Gasteiger partial charge in [0.05, 0.1) is 0 Å². The lowest BCUT2D eigenvalue weighted by atomic mass is 10.1. The Balaban J connectivity index is 3.04. The molecule has 0 atom stereocenters. The van der Waals surface area contributed by atoms with Gasteiger partial charge in [-0.3, -0.25) is 4.79 Å². The van der Waals surface area contributed by atoms with Crippen molar-refractivity contribution in [3.63, 3.8) is 0 Å². The molecule has 0 fully saturated rings. The number of halogens is 2. The predicted octanol–water partition coefficient (Wildman–Crippen LogP) is 1.66. The number of hydrogen-bond donors (Lipinski definition) is 1. The van der Waals surface area contributed by atoms with Crippen LogP contribution in [0.4, 0.5) is 8.78 Å². The summed E-state index contributed by atoms with van der Waals surface area (Å²) in [7, 11) is 0. The predicted molar refractivity (Wildman–Crippen MR) is 50.2 cm³/mol. The minimum absolute atomic E-state index is 0.00440. The molecule has 80 valence electrons. The van der Waals surface area contributed by atoms with Crippen LogP contribution in [0.3, 0.4) is 0 Å². The van der Waals surface area contributed by atoms with E-state index in [1.54, 1.807) is 0 Å². The van der Waals surface area contributed by atoms with Crippen molar-refractivity contribution in [2.75, 3.05) is 0 Å². The second-order valence-corrected chi connectivity index (χ2v) is 2.80. The maximum absolute atomic E-state index is 13.1. The van der Waals surface area contributed by atoms with Crippen molar-refractivity contribution in [3.8, 4) is 17.9 Å². The Morgan fingerprint density at radius 2 is 1.94 bits per heavy atom. The number of aliphatic carboxylic acids is 1. The van der Waals surface area contributed by atoms with Gasteiger partial charge in [-0.05, 0) is 12.1 Å². The monoisotopic (exact) mass is 221 g/mol. The second-order valence-electron chi connectivity index (χ2n) is 2.80. The molecule has 1 N–H and O–H groups in total. The minimum atomic E-state index is -1.12. The van der Waals surface area contributed by atoms with E-state index in [2.05, 4.69) is 11.8 Å². The van der Waals surface area contributed by atoms with Crippen LogP contribution in [-0.2, 0) is 4.79 Å². The molecule has 1 aromatic rings. The summed E-state index contributed by atoms with van der Waals surface area (Å²) in [6.07, 6.45) is -0.413. The van der Waals surface area contributed by atoms with Crippen molar-refractivity contribution >= 4 is 5.97 Å². The molecule has 5 heteroatoms. The normalized spacial score (nSPS) is 8.81. The molecule has 0 aliphatic rings. The fraction of sp³-hybridized carbons (Fsp3) is 0.0909. The Labute approximate surface area is 89.9 Å². The summed E-state index contributed by atoms with van der Waals surface area (Å²) >= 11 is 0. The highest BCUT2D eigenvalue weighted by molar-refractivity contribution is 5.70. The number of carboxylic acids is 1. The molecular formula is C11H5F2NO2. The number of carboxylic acid groups (broad SMARTS) is 1. The van der Waals surface area contributed by atoms with Crippen molar-refractivity contribution in [2.24, 2.45) is 0 Å². The number of nitrogens with zero attached hydrogens (tertiary/aromatic N) is 1. The molecule has 0 saturated carbocycles. The van der Waals surface area contributed by atoms with Crippen LogP contribution in [0, 0.1) is 34.8 Å². The summed E-state index contributed by atoms with van der Waals surface area (Å²) in [5.41, 5.74) is -0.681. The number of hydrogen-bond acceptors (Lipinski definition) is 2. The van der Waals surface area contributed by atoms with E-state index in [4.69, 9.17) is 10.4 Å². The molecule has 0 aromatic heterocycles. The highest BCUT2D eigenvalue weighted by atomic mass is 19.1. The number of rotatable bonds is 1. The standard InChI is InChI=1S/C11H5F2NO2/c12-9-4-7(2-1-3-11(15)16)5-10(13)8(9)6-14/h4-5H,3H2,(H,15,16). The first-order valence-electron chi connectivity index (χ1n) is 4.14. The lowest BCUT2D eigenvalue weighted by molar-refractivity contribution is -0.135. The fourth-order valence-electron chi connectivity index (χ4n) is 0.974. The van der Waals surface area contributed by atoms with Crippen molar-refractivity contribution < 1.29 is 18.7 Å². The third-order valence-corrected chi connectivity index (χ3v) is 1.63. The van der Waals surface area contributed by atoms with Crippen molar-refractivity contribution in [1.82, 2.24) is 0 Å². The highest BCUT2D eigenvalue weighted by Crippen LogP contribution is 2.13. The van der Waals surface area contributed by atoms with Gasteiger partial charge in [0.15, 0.2) is 0 Å². The molecule has 1 rings (SSSR count). The molecule has 0 unspecified atom stereocenters. The SMILES string of the molecule is N#Cc1c(F)cc(C#CCC(=O)O)cc1F. The molecular weight excluding hydrogens is 216 g/mol. The Morgan fingerprint density at radius 1 is 1.38 bits per heavy atom. The third-order valence-electron chi connectivity index (χ3n) is 1.63. The van der Waals surface area contributed by atoms with Crippen molar-refractivity contribution in [3.05, 3.63) is 34.9 Å². The summed E-state index contributed by atoms with van der Waals surface area (Å²) in [6.45, 7) is 0. The van der Waals surface area contributed by atoms with E-state index in [9.17, 15) is 13.6 Å². The van der Waals surface area contributed by atoms with Crippen molar-refractivity contribution in [2.45, 2.75) is 6.42 Å². The van der Waals surface area contributed by atoms with Crippen LogP contribution in [0.5, 0.6) is 0 Å². The molecule has 3 nitrogen and oxygen atoms in total. The van der Waals surface area contributed by atoms with Gasteiger partial charge in [-0.25, -0.2) is 8.78 Å². The molecule has 0 aliphatic heterocycles. The van der Waals surface area contributed by atoms with Crippen LogP contribution in [-0.4, -0.2) is 11.1 Å².